The summed E-state index contributed by atoms with van der Waals surface area (Å²) in [4.78, 5) is 10.2. The van der Waals surface area contributed by atoms with Crippen molar-refractivity contribution in [3.63, 3.8) is 0 Å². The first-order valence-electron chi connectivity index (χ1n) is 14.9. The molecule has 0 bridgehead atoms. The first-order chi connectivity index (χ1) is 20.5. The molecular weight excluding hydrogens is 527 g/mol. The minimum absolute atomic E-state index is 0.0745. The van der Waals surface area contributed by atoms with Crippen molar-refractivity contribution < 1.29 is 4.39 Å². The van der Waals surface area contributed by atoms with Gasteiger partial charge in [-0.15, -0.1) is 0 Å². The van der Waals surface area contributed by atoms with E-state index in [1.807, 2.05) is 24.3 Å². The van der Waals surface area contributed by atoms with Crippen LogP contribution in [0.25, 0.3) is 55.8 Å². The van der Waals surface area contributed by atoms with Crippen LogP contribution >= 0.6 is 0 Å². The van der Waals surface area contributed by atoms with Gasteiger partial charge in [0.2, 0.25) is 0 Å². The monoisotopic (exact) mass is 564 g/mol. The van der Waals surface area contributed by atoms with Crippen LogP contribution < -0.4 is 0 Å². The third-order valence-electron chi connectivity index (χ3n) is 8.06. The number of aromatic nitrogens is 2. The van der Waals surface area contributed by atoms with Gasteiger partial charge >= 0.3 is 0 Å². The summed E-state index contributed by atoms with van der Waals surface area (Å²) in [6.07, 6.45) is 0. The molecule has 2 nitrogen and oxygen atoms in total. The fourth-order valence-electron chi connectivity index (χ4n) is 5.43. The van der Waals surface area contributed by atoms with Gasteiger partial charge in [-0.1, -0.05) is 102 Å². The Morgan fingerprint density at radius 1 is 0.419 bits per heavy atom. The van der Waals surface area contributed by atoms with Crippen LogP contribution in [0.15, 0.2) is 115 Å². The van der Waals surface area contributed by atoms with Gasteiger partial charge in [0.25, 0.3) is 0 Å². The summed E-state index contributed by atoms with van der Waals surface area (Å²) in [5, 5.41) is 0. The fourth-order valence-corrected chi connectivity index (χ4v) is 5.43. The van der Waals surface area contributed by atoms with Crippen molar-refractivity contribution in [2.45, 2.75) is 52.4 Å². The summed E-state index contributed by atoms with van der Waals surface area (Å²) in [6.45, 7) is 13.4. The molecule has 5 aromatic carbocycles. The van der Waals surface area contributed by atoms with Gasteiger partial charge in [-0.25, -0.2) is 14.4 Å². The lowest BCUT2D eigenvalue weighted by molar-refractivity contribution is 0.590. The number of benzene rings is 5. The van der Waals surface area contributed by atoms with E-state index >= 15 is 0 Å². The van der Waals surface area contributed by atoms with E-state index < -0.39 is 0 Å². The average Bonchev–Trinajstić information content (AvgIpc) is 3.00. The molecule has 0 amide bonds. The van der Waals surface area contributed by atoms with Crippen LogP contribution in [0.2, 0.25) is 0 Å². The molecule has 0 fully saturated rings. The highest BCUT2D eigenvalue weighted by atomic mass is 19.1. The molecular formula is C40H37FN2. The standard InChI is InChI=1S/C40H37FN2/c1-39(2,3)32-17-11-26(12-18-32)29-23-30(27-13-19-33(20-14-27)40(4,5)6)25-31(24-29)38-37(28-15-21-34(41)22-16-28)42-35-9-7-8-10-36(35)43-38/h7-25H,1-6H3. The highest BCUT2D eigenvalue weighted by Gasteiger charge is 2.18. The average molecular weight is 565 g/mol. The molecule has 214 valence electrons. The molecule has 1 aromatic heterocycles. The maximum Gasteiger partial charge on any atom is 0.123 e. The normalized spacial score (nSPS) is 12.1. The van der Waals surface area contributed by atoms with Crippen LogP contribution in [-0.4, -0.2) is 9.97 Å². The lowest BCUT2D eigenvalue weighted by atomic mass is 9.85. The van der Waals surface area contributed by atoms with Gasteiger partial charge in [0.05, 0.1) is 22.4 Å². The van der Waals surface area contributed by atoms with E-state index in [1.54, 1.807) is 12.1 Å². The Balaban J connectivity index is 1.58. The Kier molecular flexibility index (Phi) is 7.22. The van der Waals surface area contributed by atoms with Gasteiger partial charge in [-0.05, 0) is 98.8 Å². The quantitative estimate of drug-likeness (QED) is 0.213. The number of hydrogen-bond acceptors (Lipinski definition) is 2. The smallest absolute Gasteiger partial charge is 0.123 e. The molecule has 0 saturated heterocycles. The molecule has 0 saturated carbocycles. The summed E-state index contributed by atoms with van der Waals surface area (Å²) >= 11 is 0. The Morgan fingerprint density at radius 2 is 0.791 bits per heavy atom. The van der Waals surface area contributed by atoms with Gasteiger partial charge in [0.15, 0.2) is 0 Å². The number of hydrogen-bond donors (Lipinski definition) is 0. The van der Waals surface area contributed by atoms with Crippen LogP contribution in [0.1, 0.15) is 52.7 Å². The van der Waals surface area contributed by atoms with Gasteiger partial charge in [0.1, 0.15) is 5.82 Å². The summed E-state index contributed by atoms with van der Waals surface area (Å²) in [5.41, 5.74) is 12.1. The maximum absolute atomic E-state index is 13.9. The highest BCUT2D eigenvalue weighted by molar-refractivity contribution is 5.89. The van der Waals surface area contributed by atoms with E-state index in [-0.39, 0.29) is 16.6 Å². The van der Waals surface area contributed by atoms with Crippen molar-refractivity contribution in [2.24, 2.45) is 0 Å². The molecule has 0 radical (unpaired) electrons. The molecule has 6 rings (SSSR count). The molecule has 0 aliphatic rings. The number of halogens is 1. The Morgan fingerprint density at radius 3 is 1.21 bits per heavy atom. The molecule has 43 heavy (non-hydrogen) atoms. The molecule has 0 aliphatic heterocycles. The molecule has 0 atom stereocenters. The number of fused-ring (bicyclic) bond motifs is 1. The second-order valence-corrected chi connectivity index (χ2v) is 13.4. The molecule has 1 heterocycles. The van der Waals surface area contributed by atoms with E-state index in [2.05, 4.69) is 108 Å². The van der Waals surface area contributed by atoms with Crippen LogP contribution in [0.3, 0.4) is 0 Å². The van der Waals surface area contributed by atoms with Crippen molar-refractivity contribution >= 4 is 11.0 Å². The van der Waals surface area contributed by atoms with Crippen molar-refractivity contribution in [3.8, 4) is 44.8 Å². The number of para-hydroxylation sites is 2. The predicted molar refractivity (Wildman–Crippen MR) is 179 cm³/mol. The number of nitrogens with zero attached hydrogens (tertiary/aromatic N) is 2. The fraction of sp³-hybridized carbons (Fsp3) is 0.200. The van der Waals surface area contributed by atoms with Crippen molar-refractivity contribution in [1.82, 2.24) is 9.97 Å². The van der Waals surface area contributed by atoms with E-state index in [9.17, 15) is 4.39 Å². The molecule has 0 unspecified atom stereocenters. The first kappa shape index (κ1) is 28.5. The SMILES string of the molecule is CC(C)(C)c1ccc(-c2cc(-c3ccc(C(C)(C)C)cc3)cc(-c3nc4ccccc4nc3-c3ccc(F)cc3)c2)cc1. The topological polar surface area (TPSA) is 25.8 Å². The predicted octanol–water partition coefficient (Wildman–Crippen LogP) is 11.0. The summed E-state index contributed by atoms with van der Waals surface area (Å²) in [6, 6.07) is 38.8. The molecule has 6 aromatic rings. The zero-order chi connectivity index (χ0) is 30.4. The zero-order valence-electron chi connectivity index (χ0n) is 25.7. The lowest BCUT2D eigenvalue weighted by Crippen LogP contribution is -2.10. The zero-order valence-corrected chi connectivity index (χ0v) is 25.7. The lowest BCUT2D eigenvalue weighted by Gasteiger charge is -2.20. The van der Waals surface area contributed by atoms with Gasteiger partial charge in [-0.3, -0.25) is 0 Å². The largest absolute Gasteiger partial charge is 0.244 e. The third kappa shape index (κ3) is 5.99. The van der Waals surface area contributed by atoms with E-state index in [0.29, 0.717) is 0 Å². The first-order valence-corrected chi connectivity index (χ1v) is 14.9. The minimum Gasteiger partial charge on any atom is -0.244 e. The minimum atomic E-state index is -0.277. The summed E-state index contributed by atoms with van der Waals surface area (Å²) < 4.78 is 13.9. The van der Waals surface area contributed by atoms with E-state index in [4.69, 9.17) is 9.97 Å². The third-order valence-corrected chi connectivity index (χ3v) is 8.06. The second kappa shape index (κ2) is 10.9. The van der Waals surface area contributed by atoms with Crippen molar-refractivity contribution in [1.29, 1.82) is 0 Å². The van der Waals surface area contributed by atoms with Crippen LogP contribution in [0, 0.1) is 5.82 Å². The van der Waals surface area contributed by atoms with Gasteiger partial charge in [-0.2, -0.15) is 0 Å². The maximum atomic E-state index is 13.9. The highest BCUT2D eigenvalue weighted by Crippen LogP contribution is 2.38. The van der Waals surface area contributed by atoms with E-state index in [1.165, 1.54) is 23.3 Å². The van der Waals surface area contributed by atoms with Gasteiger partial charge < -0.3 is 0 Å². The van der Waals surface area contributed by atoms with E-state index in [0.717, 1.165) is 55.8 Å². The Hall–Kier alpha value is -4.63. The van der Waals surface area contributed by atoms with Crippen LogP contribution in [0.5, 0.6) is 0 Å². The molecule has 3 heteroatoms. The van der Waals surface area contributed by atoms with Crippen molar-refractivity contribution in [3.05, 3.63) is 132 Å². The van der Waals surface area contributed by atoms with Crippen LogP contribution in [-0.2, 0) is 10.8 Å². The Bertz CT molecular complexity index is 1830. The molecule has 0 N–H and O–H groups in total. The number of rotatable bonds is 4. The Labute approximate surface area is 254 Å². The summed E-state index contributed by atoms with van der Waals surface area (Å²) in [7, 11) is 0. The second-order valence-electron chi connectivity index (χ2n) is 13.4. The molecule has 0 spiro atoms. The van der Waals surface area contributed by atoms with Crippen molar-refractivity contribution in [2.75, 3.05) is 0 Å². The van der Waals surface area contributed by atoms with Crippen LogP contribution in [0.4, 0.5) is 4.39 Å². The van der Waals surface area contributed by atoms with Gasteiger partial charge in [0, 0.05) is 11.1 Å². The molecule has 0 aliphatic carbocycles. The summed E-state index contributed by atoms with van der Waals surface area (Å²) in [5.74, 6) is -0.277.